The Balaban J connectivity index is 1.29. The molecule has 0 saturated heterocycles. The minimum absolute atomic E-state index is 0.176. The second kappa shape index (κ2) is 13.6. The quantitative estimate of drug-likeness (QED) is 0.205. The van der Waals surface area contributed by atoms with Gasteiger partial charge in [-0.1, -0.05) is 32.0 Å². The molecule has 1 atom stereocenters. The fourth-order valence-electron chi connectivity index (χ4n) is 4.52. The molecule has 1 heterocycles. The third-order valence-corrected chi connectivity index (χ3v) is 6.61. The van der Waals surface area contributed by atoms with Gasteiger partial charge in [-0.3, -0.25) is 9.59 Å². The first-order chi connectivity index (χ1) is 19.3. The molecule has 0 spiro atoms. The van der Waals surface area contributed by atoms with Gasteiger partial charge in [0.1, 0.15) is 23.3 Å². The summed E-state index contributed by atoms with van der Waals surface area (Å²) in [6, 6.07) is 15.5. The number of rotatable bonds is 11. The number of aryl methyl sites for hydroxylation is 2. The maximum absolute atomic E-state index is 12.8. The lowest BCUT2D eigenvalue weighted by atomic mass is 9.92. The topological polar surface area (TPSA) is 119 Å². The Kier molecular flexibility index (Phi) is 9.72. The van der Waals surface area contributed by atoms with Crippen LogP contribution in [-0.4, -0.2) is 43.3 Å². The van der Waals surface area contributed by atoms with Gasteiger partial charge in [0.2, 0.25) is 0 Å². The SMILES string of the molecule is CCOC(=O)c1cccc(-c2ccc(/C=N\NC(=O)[C@H](NC(=O)COc3ccc4c(c3)CCCC4)C(C)C)o2)c1. The van der Waals surface area contributed by atoms with E-state index in [2.05, 4.69) is 21.9 Å². The standard InChI is InChI=1S/C31H35N3O6/c1-4-38-31(37)24-11-7-10-23(16-24)27-15-14-26(40-27)18-32-34-30(36)29(20(2)3)33-28(35)19-39-25-13-12-21-8-5-6-9-22(21)17-25/h7,10-18,20,29H,4-6,8-9,19H2,1-3H3,(H,33,35)(H,34,36)/b32-18-/t29-/m1/s1. The number of furan rings is 1. The maximum atomic E-state index is 12.8. The summed E-state index contributed by atoms with van der Waals surface area (Å²) >= 11 is 0. The zero-order valence-corrected chi connectivity index (χ0v) is 23.1. The molecule has 210 valence electrons. The van der Waals surface area contributed by atoms with E-state index in [1.54, 1.807) is 37.3 Å². The highest BCUT2D eigenvalue weighted by Crippen LogP contribution is 2.25. The number of esters is 1. The third-order valence-electron chi connectivity index (χ3n) is 6.61. The summed E-state index contributed by atoms with van der Waals surface area (Å²) in [7, 11) is 0. The van der Waals surface area contributed by atoms with Crippen molar-refractivity contribution in [1.29, 1.82) is 0 Å². The largest absolute Gasteiger partial charge is 0.484 e. The van der Waals surface area contributed by atoms with E-state index in [0.29, 0.717) is 35.0 Å². The van der Waals surface area contributed by atoms with Crippen LogP contribution in [0.4, 0.5) is 0 Å². The first kappa shape index (κ1) is 28.6. The Bertz CT molecular complexity index is 1380. The van der Waals surface area contributed by atoms with Crippen LogP contribution in [0.5, 0.6) is 5.75 Å². The second-order valence-corrected chi connectivity index (χ2v) is 9.95. The molecule has 1 aliphatic rings. The molecule has 1 aliphatic carbocycles. The van der Waals surface area contributed by atoms with E-state index < -0.39 is 23.8 Å². The molecule has 0 saturated carbocycles. The maximum Gasteiger partial charge on any atom is 0.338 e. The van der Waals surface area contributed by atoms with Gasteiger partial charge in [0.05, 0.1) is 18.4 Å². The first-order valence-electron chi connectivity index (χ1n) is 13.6. The van der Waals surface area contributed by atoms with E-state index in [-0.39, 0.29) is 12.5 Å². The van der Waals surface area contributed by atoms with Gasteiger partial charge in [0.25, 0.3) is 11.8 Å². The van der Waals surface area contributed by atoms with Crippen molar-refractivity contribution in [3.63, 3.8) is 0 Å². The van der Waals surface area contributed by atoms with Crippen LogP contribution in [0.3, 0.4) is 0 Å². The molecule has 1 aromatic heterocycles. The average molecular weight is 546 g/mol. The Morgan fingerprint density at radius 1 is 1.02 bits per heavy atom. The number of ether oxygens (including phenoxy) is 2. The summed E-state index contributed by atoms with van der Waals surface area (Å²) in [5, 5.41) is 6.72. The fraction of sp³-hybridized carbons (Fsp3) is 0.355. The molecular formula is C31H35N3O6. The number of carbonyl (C=O) groups is 3. The van der Waals surface area contributed by atoms with E-state index in [0.717, 1.165) is 19.3 Å². The van der Waals surface area contributed by atoms with Crippen molar-refractivity contribution < 1.29 is 28.3 Å². The van der Waals surface area contributed by atoms with Crippen LogP contribution >= 0.6 is 0 Å². The third kappa shape index (κ3) is 7.59. The molecule has 40 heavy (non-hydrogen) atoms. The Morgan fingerprint density at radius 2 is 1.82 bits per heavy atom. The highest BCUT2D eigenvalue weighted by atomic mass is 16.5. The molecule has 2 aromatic carbocycles. The van der Waals surface area contributed by atoms with Crippen molar-refractivity contribution >= 4 is 24.0 Å². The van der Waals surface area contributed by atoms with Crippen LogP contribution in [-0.2, 0) is 27.2 Å². The lowest BCUT2D eigenvalue weighted by Gasteiger charge is -2.21. The molecule has 9 nitrogen and oxygen atoms in total. The van der Waals surface area contributed by atoms with Gasteiger partial charge in [0.15, 0.2) is 6.61 Å². The molecule has 0 unspecified atom stereocenters. The van der Waals surface area contributed by atoms with E-state index in [4.69, 9.17) is 13.9 Å². The van der Waals surface area contributed by atoms with Gasteiger partial charge in [-0.05, 0) is 86.1 Å². The predicted molar refractivity (Wildman–Crippen MR) is 151 cm³/mol. The van der Waals surface area contributed by atoms with E-state index >= 15 is 0 Å². The van der Waals surface area contributed by atoms with Crippen LogP contribution in [0.2, 0.25) is 0 Å². The molecule has 0 bridgehead atoms. The predicted octanol–water partition coefficient (Wildman–Crippen LogP) is 4.67. The van der Waals surface area contributed by atoms with Crippen molar-refractivity contribution in [1.82, 2.24) is 10.7 Å². The second-order valence-electron chi connectivity index (χ2n) is 9.95. The van der Waals surface area contributed by atoms with Gasteiger partial charge >= 0.3 is 5.97 Å². The lowest BCUT2D eigenvalue weighted by molar-refractivity contribution is -0.131. The normalized spacial score (nSPS) is 13.5. The number of amides is 2. The lowest BCUT2D eigenvalue weighted by Crippen LogP contribution is -2.49. The molecule has 0 aliphatic heterocycles. The van der Waals surface area contributed by atoms with Crippen LogP contribution in [0.15, 0.2) is 64.1 Å². The number of nitrogens with zero attached hydrogens (tertiary/aromatic N) is 1. The van der Waals surface area contributed by atoms with Gasteiger partial charge in [0, 0.05) is 5.56 Å². The minimum atomic E-state index is -0.797. The first-order valence-corrected chi connectivity index (χ1v) is 13.6. The summed E-state index contributed by atoms with van der Waals surface area (Å²) in [5.41, 5.74) is 6.21. The Hall–Kier alpha value is -4.40. The average Bonchev–Trinajstić information content (AvgIpc) is 3.43. The van der Waals surface area contributed by atoms with E-state index in [9.17, 15) is 14.4 Å². The molecular weight excluding hydrogens is 510 g/mol. The molecule has 0 radical (unpaired) electrons. The van der Waals surface area contributed by atoms with Crippen LogP contribution < -0.4 is 15.5 Å². The molecule has 2 N–H and O–H groups in total. The number of benzene rings is 2. The van der Waals surface area contributed by atoms with Crippen molar-refractivity contribution in [3.8, 4) is 17.1 Å². The summed E-state index contributed by atoms with van der Waals surface area (Å²) in [5.74, 6) is 0.155. The van der Waals surface area contributed by atoms with Crippen molar-refractivity contribution in [2.45, 2.75) is 52.5 Å². The summed E-state index contributed by atoms with van der Waals surface area (Å²) in [6.07, 6.45) is 5.84. The number of fused-ring (bicyclic) bond motifs is 1. The summed E-state index contributed by atoms with van der Waals surface area (Å²) in [4.78, 5) is 37.3. The number of hydrazone groups is 1. The number of carbonyl (C=O) groups excluding carboxylic acids is 3. The summed E-state index contributed by atoms with van der Waals surface area (Å²) < 4.78 is 16.5. The van der Waals surface area contributed by atoms with Crippen molar-refractivity contribution in [3.05, 3.63) is 77.0 Å². The van der Waals surface area contributed by atoms with Gasteiger partial charge < -0.3 is 19.2 Å². The van der Waals surface area contributed by atoms with E-state index in [1.165, 1.54) is 23.8 Å². The molecule has 4 rings (SSSR count). The highest BCUT2D eigenvalue weighted by molar-refractivity contribution is 5.91. The Morgan fingerprint density at radius 3 is 2.60 bits per heavy atom. The van der Waals surface area contributed by atoms with E-state index in [1.807, 2.05) is 32.0 Å². The minimum Gasteiger partial charge on any atom is -0.484 e. The van der Waals surface area contributed by atoms with Crippen LogP contribution in [0.25, 0.3) is 11.3 Å². The zero-order chi connectivity index (χ0) is 28.5. The number of hydrogen-bond donors (Lipinski definition) is 2. The van der Waals surface area contributed by atoms with Gasteiger partial charge in [-0.2, -0.15) is 5.10 Å². The summed E-state index contributed by atoms with van der Waals surface area (Å²) in [6.45, 7) is 5.52. The Labute approximate surface area is 233 Å². The van der Waals surface area contributed by atoms with Crippen molar-refractivity contribution in [2.24, 2.45) is 11.0 Å². The number of nitrogens with one attached hydrogen (secondary N) is 2. The molecule has 9 heteroatoms. The zero-order valence-electron chi connectivity index (χ0n) is 23.1. The number of hydrogen-bond acceptors (Lipinski definition) is 7. The van der Waals surface area contributed by atoms with Gasteiger partial charge in [-0.15, -0.1) is 0 Å². The fourth-order valence-corrected chi connectivity index (χ4v) is 4.52. The highest BCUT2D eigenvalue weighted by Gasteiger charge is 2.24. The van der Waals surface area contributed by atoms with Crippen LogP contribution in [0, 0.1) is 5.92 Å². The monoisotopic (exact) mass is 545 g/mol. The molecule has 0 fully saturated rings. The smallest absolute Gasteiger partial charge is 0.338 e. The van der Waals surface area contributed by atoms with Gasteiger partial charge in [-0.25, -0.2) is 10.2 Å². The van der Waals surface area contributed by atoms with Crippen LogP contribution in [0.1, 0.15) is 60.9 Å². The molecule has 2 amide bonds. The van der Waals surface area contributed by atoms with Crippen molar-refractivity contribution in [2.75, 3.05) is 13.2 Å². The molecule has 3 aromatic rings.